The van der Waals surface area contributed by atoms with Crippen LogP contribution in [0.15, 0.2) is 30.3 Å². The predicted octanol–water partition coefficient (Wildman–Crippen LogP) is 3.98. The van der Waals surface area contributed by atoms with Gasteiger partial charge in [-0.1, -0.05) is 18.2 Å². The van der Waals surface area contributed by atoms with Crippen molar-refractivity contribution < 1.29 is 45.7 Å². The van der Waals surface area contributed by atoms with E-state index in [0.29, 0.717) is 0 Å². The Balaban J connectivity index is 2.69. The molecule has 0 aliphatic heterocycles. The van der Waals surface area contributed by atoms with Gasteiger partial charge in [-0.15, -0.1) is 0 Å². The standard InChI is InChI=1S/C19H13F6NO4/c1-29-11-7-10-13(12(17(27)28)8-5-3-4-6-9(8)26-10)14(15(11)30-2)16(18(20,21)22)19(23,24)25/h3-7,16H,1-2H3,(H,27,28)/p-1. The van der Waals surface area contributed by atoms with Crippen molar-refractivity contribution in [3.8, 4) is 11.5 Å². The predicted molar refractivity (Wildman–Crippen MR) is 91.5 cm³/mol. The van der Waals surface area contributed by atoms with Crippen molar-refractivity contribution in [3.05, 3.63) is 41.5 Å². The van der Waals surface area contributed by atoms with Crippen molar-refractivity contribution in [2.45, 2.75) is 18.3 Å². The molecule has 1 aromatic heterocycles. The molecule has 5 nitrogen and oxygen atoms in total. The second kappa shape index (κ2) is 7.22. The molecule has 0 N–H and O–H groups in total. The fourth-order valence-electron chi connectivity index (χ4n) is 3.41. The van der Waals surface area contributed by atoms with Gasteiger partial charge in [0.2, 0.25) is 0 Å². The number of methoxy groups -OCH3 is 2. The van der Waals surface area contributed by atoms with Crippen molar-refractivity contribution >= 4 is 27.8 Å². The summed E-state index contributed by atoms with van der Waals surface area (Å²) in [5.41, 5.74) is -2.72. The zero-order chi connectivity index (χ0) is 22.4. The van der Waals surface area contributed by atoms with Crippen LogP contribution >= 0.6 is 0 Å². The maximum absolute atomic E-state index is 13.6. The number of fused-ring (bicyclic) bond motifs is 2. The van der Waals surface area contributed by atoms with Crippen LogP contribution in [0, 0.1) is 0 Å². The Morgan fingerprint density at radius 1 is 1.00 bits per heavy atom. The van der Waals surface area contributed by atoms with Crippen LogP contribution in [0.25, 0.3) is 21.8 Å². The number of rotatable bonds is 4. The Bertz CT molecular complexity index is 1130. The third kappa shape index (κ3) is 3.44. The van der Waals surface area contributed by atoms with E-state index < -0.39 is 57.8 Å². The van der Waals surface area contributed by atoms with E-state index in [4.69, 9.17) is 9.47 Å². The van der Waals surface area contributed by atoms with Gasteiger partial charge in [0.1, 0.15) is 0 Å². The highest BCUT2D eigenvalue weighted by molar-refractivity contribution is 6.15. The first-order valence-electron chi connectivity index (χ1n) is 8.23. The molecule has 0 aliphatic carbocycles. The lowest BCUT2D eigenvalue weighted by molar-refractivity contribution is -0.256. The number of carboxylic acids is 1. The molecule has 160 valence electrons. The van der Waals surface area contributed by atoms with Gasteiger partial charge in [0.25, 0.3) is 0 Å². The van der Waals surface area contributed by atoms with Crippen LogP contribution in [-0.2, 0) is 0 Å². The maximum atomic E-state index is 13.6. The molecule has 3 aromatic rings. The van der Waals surface area contributed by atoms with Crippen LogP contribution < -0.4 is 14.6 Å². The smallest absolute Gasteiger partial charge is 0.404 e. The number of ether oxygens (including phenoxy) is 2. The van der Waals surface area contributed by atoms with E-state index in [0.717, 1.165) is 20.3 Å². The topological polar surface area (TPSA) is 71.5 Å². The summed E-state index contributed by atoms with van der Waals surface area (Å²) in [7, 11) is 1.87. The van der Waals surface area contributed by atoms with Crippen molar-refractivity contribution in [2.75, 3.05) is 14.2 Å². The number of para-hydroxylation sites is 1. The molecule has 3 rings (SSSR count). The molecule has 30 heavy (non-hydrogen) atoms. The number of benzene rings is 2. The molecule has 11 heteroatoms. The summed E-state index contributed by atoms with van der Waals surface area (Å²) in [4.78, 5) is 15.9. The highest BCUT2D eigenvalue weighted by Gasteiger charge is 2.59. The number of carbonyl (C=O) groups excluding carboxylic acids is 1. The Kier molecular flexibility index (Phi) is 5.17. The van der Waals surface area contributed by atoms with Gasteiger partial charge in [-0.25, -0.2) is 4.98 Å². The molecule has 0 saturated heterocycles. The normalized spacial score (nSPS) is 12.6. The van der Waals surface area contributed by atoms with Crippen LogP contribution in [-0.4, -0.2) is 37.5 Å². The van der Waals surface area contributed by atoms with Crippen LogP contribution in [0.3, 0.4) is 0 Å². The fraction of sp³-hybridized carbons (Fsp3) is 0.263. The van der Waals surface area contributed by atoms with Gasteiger partial charge in [0.05, 0.1) is 31.2 Å². The van der Waals surface area contributed by atoms with Crippen molar-refractivity contribution in [3.63, 3.8) is 0 Å². The highest BCUT2D eigenvalue weighted by atomic mass is 19.4. The summed E-state index contributed by atoms with van der Waals surface area (Å²) in [5, 5.41) is 10.8. The number of hydrogen-bond donors (Lipinski definition) is 0. The molecule has 0 saturated carbocycles. The largest absolute Gasteiger partial charge is 0.545 e. The number of nitrogens with zero attached hydrogens (tertiary/aromatic N) is 1. The lowest BCUT2D eigenvalue weighted by Gasteiger charge is -2.28. The lowest BCUT2D eigenvalue weighted by Crippen LogP contribution is -2.35. The molecule has 0 aliphatic rings. The Morgan fingerprint density at radius 3 is 2.10 bits per heavy atom. The lowest BCUT2D eigenvalue weighted by atomic mass is 9.88. The number of carboxylic acid groups (broad SMARTS) is 1. The van der Waals surface area contributed by atoms with Crippen molar-refractivity contribution in [1.82, 2.24) is 4.98 Å². The molecule has 0 amide bonds. The molecular formula is C19H12F6NO4-. The molecule has 0 bridgehead atoms. The summed E-state index contributed by atoms with van der Waals surface area (Å²) >= 11 is 0. The summed E-state index contributed by atoms with van der Waals surface area (Å²) in [6, 6.07) is 6.44. The molecule has 0 spiro atoms. The van der Waals surface area contributed by atoms with Gasteiger partial charge in [0.15, 0.2) is 17.4 Å². The van der Waals surface area contributed by atoms with E-state index in [2.05, 4.69) is 4.98 Å². The Hall–Kier alpha value is -3.24. The minimum absolute atomic E-state index is 0.0398. The Labute approximate surface area is 164 Å². The van der Waals surface area contributed by atoms with Gasteiger partial charge in [-0.3, -0.25) is 0 Å². The first-order chi connectivity index (χ1) is 13.9. The van der Waals surface area contributed by atoms with Gasteiger partial charge >= 0.3 is 12.4 Å². The van der Waals surface area contributed by atoms with E-state index in [1.54, 1.807) is 0 Å². The van der Waals surface area contributed by atoms with Crippen molar-refractivity contribution in [2.24, 2.45) is 0 Å². The van der Waals surface area contributed by atoms with Gasteiger partial charge in [-0.05, 0) is 6.07 Å². The number of alkyl halides is 6. The molecular weight excluding hydrogens is 420 g/mol. The Morgan fingerprint density at radius 2 is 1.60 bits per heavy atom. The monoisotopic (exact) mass is 432 g/mol. The van der Waals surface area contributed by atoms with E-state index in [-0.39, 0.29) is 10.9 Å². The van der Waals surface area contributed by atoms with Gasteiger partial charge in [-0.2, -0.15) is 26.3 Å². The minimum atomic E-state index is -5.82. The number of hydrogen-bond acceptors (Lipinski definition) is 5. The fourth-order valence-corrected chi connectivity index (χ4v) is 3.41. The zero-order valence-corrected chi connectivity index (χ0v) is 15.3. The van der Waals surface area contributed by atoms with Crippen LogP contribution in [0.2, 0.25) is 0 Å². The number of pyridine rings is 1. The zero-order valence-electron chi connectivity index (χ0n) is 15.3. The summed E-state index contributed by atoms with van der Waals surface area (Å²) in [5.74, 6) is -7.39. The van der Waals surface area contributed by atoms with E-state index in [1.165, 1.54) is 24.3 Å². The summed E-state index contributed by atoms with van der Waals surface area (Å²) < 4.78 is 91.5. The second-order valence-corrected chi connectivity index (χ2v) is 6.23. The quantitative estimate of drug-likeness (QED) is 0.461. The average molecular weight is 432 g/mol. The van der Waals surface area contributed by atoms with E-state index >= 15 is 0 Å². The van der Waals surface area contributed by atoms with Crippen LogP contribution in [0.5, 0.6) is 11.5 Å². The van der Waals surface area contributed by atoms with E-state index in [9.17, 15) is 36.2 Å². The first kappa shape index (κ1) is 21.5. The van der Waals surface area contributed by atoms with Gasteiger partial charge in [0, 0.05) is 28.0 Å². The first-order valence-corrected chi connectivity index (χ1v) is 8.23. The molecule has 0 unspecified atom stereocenters. The van der Waals surface area contributed by atoms with Gasteiger partial charge < -0.3 is 19.4 Å². The SMILES string of the molecule is COc1cc2nc3ccccc3c(C(=O)[O-])c2c(C(C(F)(F)F)C(F)(F)F)c1OC. The molecule has 0 atom stereocenters. The van der Waals surface area contributed by atoms with Crippen LogP contribution in [0.1, 0.15) is 21.8 Å². The summed E-state index contributed by atoms with van der Waals surface area (Å²) in [6.07, 6.45) is -11.6. The molecule has 1 heterocycles. The number of aromatic nitrogens is 1. The minimum Gasteiger partial charge on any atom is -0.545 e. The summed E-state index contributed by atoms with van der Waals surface area (Å²) in [6.45, 7) is 0. The molecule has 0 fully saturated rings. The average Bonchev–Trinajstić information content (AvgIpc) is 2.63. The number of halogens is 6. The highest BCUT2D eigenvalue weighted by Crippen LogP contribution is 2.54. The van der Waals surface area contributed by atoms with Crippen LogP contribution in [0.4, 0.5) is 26.3 Å². The maximum Gasteiger partial charge on any atom is 0.404 e. The second-order valence-electron chi connectivity index (χ2n) is 6.23. The van der Waals surface area contributed by atoms with E-state index in [1.807, 2.05) is 0 Å². The van der Waals surface area contributed by atoms with Crippen molar-refractivity contribution in [1.29, 1.82) is 0 Å². The third-order valence-electron chi connectivity index (χ3n) is 4.50. The molecule has 2 aromatic carbocycles. The third-order valence-corrected chi connectivity index (χ3v) is 4.50. The number of aromatic carboxylic acids is 1. The molecule has 0 radical (unpaired) electrons. The number of carbonyl (C=O) groups is 1.